The second kappa shape index (κ2) is 22.0. The molecule has 4 bridgehead atoms. The van der Waals surface area contributed by atoms with Gasteiger partial charge in [-0.15, -0.1) is 0 Å². The zero-order valence-corrected chi connectivity index (χ0v) is 35.5. The highest BCUT2D eigenvalue weighted by Crippen LogP contribution is 2.74. The Morgan fingerprint density at radius 1 is 1.15 bits per heavy atom. The van der Waals surface area contributed by atoms with Gasteiger partial charge in [0, 0.05) is 41.5 Å². The Morgan fingerprint density at radius 2 is 1.81 bits per heavy atom. The Kier molecular flexibility index (Phi) is 9.77. The topological polar surface area (TPSA) is 111 Å². The molecule has 59 heavy (non-hydrogen) atoms. The van der Waals surface area contributed by atoms with Gasteiger partial charge in [0.05, 0.1) is 23.5 Å². The average molecular weight is 857 g/mol. The molecule has 8 aliphatic rings. The number of nitrogens with one attached hydrogen (secondary N) is 1. The van der Waals surface area contributed by atoms with E-state index in [-0.39, 0.29) is 0 Å². The van der Waals surface area contributed by atoms with Crippen LogP contribution >= 0.6 is 0 Å². The molecule has 2 unspecified atom stereocenters. The van der Waals surface area contributed by atoms with Gasteiger partial charge < -0.3 is 25.6 Å². The fourth-order valence-corrected chi connectivity index (χ4v) is 9.35. The van der Waals surface area contributed by atoms with Crippen LogP contribution in [0.2, 0.25) is 5.82 Å². The first-order valence-corrected chi connectivity index (χ1v) is 19.8. The number of carbonyl (C=O) groups is 2. The minimum atomic E-state index is -4.46. The van der Waals surface area contributed by atoms with Crippen LogP contribution in [0.4, 0.5) is 18.0 Å². The van der Waals surface area contributed by atoms with E-state index in [4.69, 9.17) is 51.2 Å². The molecule has 0 aliphatic heterocycles. The predicted octanol–water partition coefficient (Wildman–Crippen LogP) is 11.5. The van der Waals surface area contributed by atoms with Crippen LogP contribution < -0.4 is 11.1 Å². The number of esters is 1. The molecule has 0 spiro atoms. The summed E-state index contributed by atoms with van der Waals surface area (Å²) in [5, 5.41) is 12.0. The first kappa shape index (κ1) is 26.2. The largest absolute Gasteiger partial charge is 0.453 e. The van der Waals surface area contributed by atoms with Gasteiger partial charge in [0.2, 0.25) is 0 Å². The highest BCUT2D eigenvalue weighted by atomic mass is 19.4. The summed E-state index contributed by atoms with van der Waals surface area (Å²) < 4.78 is 218. The number of nitrogens with two attached hydrogens (primary N) is 1. The molecular formula is C48H80BF3N2O5. The van der Waals surface area contributed by atoms with E-state index in [1.54, 1.807) is 20.8 Å². The van der Waals surface area contributed by atoms with E-state index in [0.29, 0.717) is 22.7 Å². The molecule has 7 saturated carbocycles. The number of ether oxygens (including phenoxy) is 2. The molecule has 8 aliphatic carbocycles. The van der Waals surface area contributed by atoms with Gasteiger partial charge in [-0.05, 0) is 150 Å². The SMILES string of the molecule is C=CC(=O)OCC(F)(F)F.[2H]C([2H])([2H])[C@@H]1C([2H])([2H])C[C@@H](N)C([2H])([2H])[C@@]1([2H])O.[2H]C([2H])=C([2H])C(=C([2H])[2H])C([2H])([2H])[2H].[2H]C1=C(C([2H])([2H])[2H])C([2H])([2H])C[C@@H](NC(=O)OC(C)(C)C)C1([2H])[2H].[B][C@H]1C[C@H]2C[C@@H]([C@@H]1C)C2(C)C1C[C@H]2C[C@@H]([C@@H]1C)C2(C)C. The summed E-state index contributed by atoms with van der Waals surface area (Å²) in [7, 11) is 6.36. The second-order valence-electron chi connectivity index (χ2n) is 17.9. The molecule has 2 radical (unpaired) electrons. The van der Waals surface area contributed by atoms with Gasteiger partial charge in [0.25, 0.3) is 0 Å². The minimum absolute atomic E-state index is 0.483. The maximum atomic E-state index is 11.8. The Bertz CT molecular complexity index is 2410. The van der Waals surface area contributed by atoms with E-state index < -0.39 is 150 Å². The molecule has 0 aromatic rings. The number of alkyl halides is 3. The fraction of sp³-hybridized carbons (Fsp3) is 0.792. The summed E-state index contributed by atoms with van der Waals surface area (Å²) in [5.74, 6) is 3.81. The number of rotatable bonds is 5. The van der Waals surface area contributed by atoms with Gasteiger partial charge in [0.15, 0.2) is 6.61 Å². The normalized spacial score (nSPS) is 47.5. The van der Waals surface area contributed by atoms with E-state index in [9.17, 15) is 27.9 Å². The summed E-state index contributed by atoms with van der Waals surface area (Å²) >= 11 is 0. The molecule has 7 nitrogen and oxygen atoms in total. The number of alkyl carbamates (subject to hydrolysis) is 1. The first-order chi connectivity index (χ1) is 36.6. The fourth-order valence-electron chi connectivity index (χ4n) is 9.35. The van der Waals surface area contributed by atoms with Gasteiger partial charge in [-0.3, -0.25) is 0 Å². The zero-order chi connectivity index (χ0) is 65.7. The quantitative estimate of drug-likeness (QED) is 0.0835. The first-order valence-electron chi connectivity index (χ1n) is 31.8. The monoisotopic (exact) mass is 857 g/mol. The Morgan fingerprint density at radius 3 is 2.32 bits per heavy atom. The molecule has 0 aromatic heterocycles. The highest BCUT2D eigenvalue weighted by molar-refractivity contribution is 6.12. The lowest BCUT2D eigenvalue weighted by molar-refractivity contribution is -0.227. The Labute approximate surface area is 391 Å². The van der Waals surface area contributed by atoms with Crippen LogP contribution in [-0.4, -0.2) is 61.6 Å². The molecule has 336 valence electrons. The summed E-state index contributed by atoms with van der Waals surface area (Å²) in [5.41, 5.74) is 4.09. The zero-order valence-electron chi connectivity index (χ0n) is 59.5. The number of amides is 1. The smallest absolute Gasteiger partial charge is 0.422 e. The molecule has 7 fully saturated rings. The van der Waals surface area contributed by atoms with Gasteiger partial charge in [-0.1, -0.05) is 96.6 Å². The molecule has 8 rings (SSSR count). The molecule has 1 amide bonds. The second-order valence-corrected chi connectivity index (χ2v) is 17.9. The van der Waals surface area contributed by atoms with E-state index >= 15 is 0 Å². The van der Waals surface area contributed by atoms with Crippen LogP contribution in [0.1, 0.15) is 173 Å². The van der Waals surface area contributed by atoms with Crippen LogP contribution in [-0.2, 0) is 14.3 Å². The van der Waals surface area contributed by atoms with Gasteiger partial charge in [-0.25, -0.2) is 9.59 Å². The number of carbonyl (C=O) groups excluding carboxylic acids is 2. The van der Waals surface area contributed by atoms with Crippen molar-refractivity contribution in [2.75, 3.05) is 6.61 Å². The summed E-state index contributed by atoms with van der Waals surface area (Å²) in [6.45, 7) is 8.16. The third-order valence-electron chi connectivity index (χ3n) is 12.6. The average Bonchev–Trinajstić information content (AvgIpc) is 3.25. The third-order valence-corrected chi connectivity index (χ3v) is 12.6. The standard InChI is InChI=1S/C19H31B.C12H21NO2.C7H15NO.C5H5F3O2.C5H8/c1-10-14-6-12(18(14,3)4)7-15(10)19(5)13-8-16(19)11(2)17(20)9-13;1-9-5-7-10(8-6-9)13-11(14)15-12(2,3)4;1-5-2-3-6(8)4-7(5)9;1-2-4(9)10-3-5(6,7)8;1-4-5(2)3/h10-17H,6-9H2,1-5H3;5,10H,6-8H2,1-4H3,(H,13,14);5-7,9H,2-4,8H2,1H3;2H,1,3H2;4H,1-2H2,3H3/t10-,11-,12+,13+,14-,15?,16-,17-,19?;10-;5-,6-,7-;;/m001../s1/i;1D3,5D,6D2,7D2;1D3,2D2,4D2,7D;;1D2,2D2,3D3,4D. The van der Waals surface area contributed by atoms with Crippen molar-refractivity contribution in [2.45, 2.75) is 176 Å². The van der Waals surface area contributed by atoms with Crippen molar-refractivity contribution in [3.05, 3.63) is 49.0 Å². The lowest BCUT2D eigenvalue weighted by Crippen LogP contribution is -2.65. The van der Waals surface area contributed by atoms with Crippen molar-refractivity contribution in [2.24, 2.45) is 63.9 Å². The van der Waals surface area contributed by atoms with Crippen LogP contribution in [0.3, 0.4) is 0 Å². The molecular weight excluding hydrogens is 752 g/mol. The van der Waals surface area contributed by atoms with Crippen LogP contribution in [0, 0.1) is 58.2 Å². The van der Waals surface area contributed by atoms with Crippen molar-refractivity contribution in [1.82, 2.24) is 5.32 Å². The molecule has 0 saturated heterocycles. The predicted molar refractivity (Wildman–Crippen MR) is 236 cm³/mol. The van der Waals surface area contributed by atoms with Gasteiger partial charge >= 0.3 is 18.2 Å². The number of allylic oxidation sites excluding steroid dienone is 3. The molecule has 0 aromatic carbocycles. The molecule has 11 heteroatoms. The molecule has 13 atom stereocenters. The Balaban J connectivity index is 0.000000364. The van der Waals surface area contributed by atoms with Crippen molar-refractivity contribution < 1.29 is 70.2 Å². The summed E-state index contributed by atoms with van der Waals surface area (Å²) in [6.07, 6.45) is -13.2. The highest BCUT2D eigenvalue weighted by Gasteiger charge is 2.66. The van der Waals surface area contributed by atoms with Crippen molar-refractivity contribution in [3.8, 4) is 0 Å². The van der Waals surface area contributed by atoms with Crippen molar-refractivity contribution in [3.63, 3.8) is 0 Å². The maximum absolute atomic E-state index is 11.8. The molecule has 4 N–H and O–H groups in total. The minimum Gasteiger partial charge on any atom is -0.453 e. The third kappa shape index (κ3) is 15.4. The van der Waals surface area contributed by atoms with Crippen LogP contribution in [0.25, 0.3) is 0 Å². The van der Waals surface area contributed by atoms with Crippen LogP contribution in [0.5, 0.6) is 0 Å². The number of aliphatic hydroxyl groups is 1. The number of hydrogen-bond donors (Lipinski definition) is 3. The molecule has 0 heterocycles. The van der Waals surface area contributed by atoms with E-state index in [2.05, 4.69) is 51.3 Å². The van der Waals surface area contributed by atoms with E-state index in [1.807, 2.05) is 0 Å². The van der Waals surface area contributed by atoms with E-state index in [0.717, 1.165) is 41.4 Å². The summed E-state index contributed by atoms with van der Waals surface area (Å²) in [6, 6.07) is -4.71. The van der Waals surface area contributed by atoms with E-state index in [1.165, 1.54) is 25.7 Å². The van der Waals surface area contributed by atoms with Crippen molar-refractivity contribution in [1.29, 1.82) is 0 Å². The van der Waals surface area contributed by atoms with Gasteiger partial charge in [0.1, 0.15) is 5.60 Å². The van der Waals surface area contributed by atoms with Crippen LogP contribution in [0.15, 0.2) is 49.0 Å². The lowest BCUT2D eigenvalue weighted by Gasteiger charge is -2.72. The lowest BCUT2D eigenvalue weighted by atomic mass is 9.32. The number of hydrogen-bond acceptors (Lipinski definition) is 6. The number of fused-ring (bicyclic) bond motifs is 5. The van der Waals surface area contributed by atoms with Gasteiger partial charge in [-0.2, -0.15) is 13.2 Å². The number of halogens is 3. The Hall–Kier alpha value is -2.53. The summed E-state index contributed by atoms with van der Waals surface area (Å²) in [4.78, 5) is 21.8. The maximum Gasteiger partial charge on any atom is 0.422 e. The van der Waals surface area contributed by atoms with Crippen molar-refractivity contribution >= 4 is 19.9 Å².